The van der Waals surface area contributed by atoms with Gasteiger partial charge in [0.05, 0.1) is 18.1 Å². The Morgan fingerprint density at radius 3 is 2.59 bits per heavy atom. The zero-order valence-corrected chi connectivity index (χ0v) is 13.5. The number of carboxylic acids is 1. The smallest absolute Gasteiger partial charge is 0.338 e. The maximum Gasteiger partial charge on any atom is 0.338 e. The number of benzene rings is 1. The molecule has 0 saturated heterocycles. The highest BCUT2D eigenvalue weighted by atomic mass is 16.5. The van der Waals surface area contributed by atoms with Gasteiger partial charge >= 0.3 is 11.9 Å². The number of carbonyl (C=O) groups is 2. The molecule has 0 radical (unpaired) electrons. The van der Waals surface area contributed by atoms with Crippen LogP contribution < -0.4 is 4.90 Å². The van der Waals surface area contributed by atoms with Crippen LogP contribution in [0.2, 0.25) is 0 Å². The largest absolute Gasteiger partial charge is 0.481 e. The number of unbranched alkanes of at least 4 members (excludes halogenated alkanes) is 1. The van der Waals surface area contributed by atoms with Gasteiger partial charge in [0.25, 0.3) is 0 Å². The molecule has 122 valence electrons. The molecule has 0 aliphatic rings. The van der Waals surface area contributed by atoms with Gasteiger partial charge in [0.2, 0.25) is 0 Å². The number of nitrogens with zero attached hydrogens (tertiary/aromatic N) is 1. The Morgan fingerprint density at radius 1 is 1.27 bits per heavy atom. The van der Waals surface area contributed by atoms with Gasteiger partial charge < -0.3 is 14.7 Å². The van der Waals surface area contributed by atoms with Gasteiger partial charge in [-0.15, -0.1) is 0 Å². The topological polar surface area (TPSA) is 66.8 Å². The fourth-order valence-electron chi connectivity index (χ4n) is 2.06. The van der Waals surface area contributed by atoms with E-state index < -0.39 is 5.97 Å². The molecular weight excluding hydrogens is 282 g/mol. The van der Waals surface area contributed by atoms with Gasteiger partial charge in [0.15, 0.2) is 0 Å². The number of aliphatic carboxylic acids is 1. The summed E-state index contributed by atoms with van der Waals surface area (Å²) in [5, 5.41) is 8.88. The van der Waals surface area contributed by atoms with E-state index in [2.05, 4.69) is 6.92 Å². The molecule has 0 aromatic heterocycles. The van der Waals surface area contributed by atoms with E-state index in [1.165, 1.54) is 0 Å². The fraction of sp³-hybridized carbons (Fsp3) is 0.529. The maximum absolute atomic E-state index is 12.0. The van der Waals surface area contributed by atoms with Crippen molar-refractivity contribution in [2.45, 2.75) is 46.1 Å². The standard InChI is InChI=1S/C17H25NO4/c1-4-5-10-18(11-9-16(19)20)15-8-6-7-14(12-15)17(21)22-13(2)3/h6-8,12-13H,4-5,9-11H2,1-3H3,(H,19,20). The van der Waals surface area contributed by atoms with Crippen molar-refractivity contribution in [2.24, 2.45) is 0 Å². The van der Waals surface area contributed by atoms with E-state index in [4.69, 9.17) is 9.84 Å². The number of rotatable bonds is 9. The summed E-state index contributed by atoms with van der Waals surface area (Å²) < 4.78 is 5.20. The van der Waals surface area contributed by atoms with Gasteiger partial charge in [0.1, 0.15) is 0 Å². The normalized spacial score (nSPS) is 10.5. The Labute approximate surface area is 131 Å². The zero-order valence-electron chi connectivity index (χ0n) is 13.5. The fourth-order valence-corrected chi connectivity index (χ4v) is 2.06. The molecule has 1 rings (SSSR count). The highest BCUT2D eigenvalue weighted by Gasteiger charge is 2.13. The molecule has 0 unspecified atom stereocenters. The molecule has 5 heteroatoms. The molecule has 0 aliphatic carbocycles. The van der Waals surface area contributed by atoms with Gasteiger partial charge in [-0.2, -0.15) is 0 Å². The van der Waals surface area contributed by atoms with Crippen LogP contribution in [-0.4, -0.2) is 36.2 Å². The second-order valence-corrected chi connectivity index (χ2v) is 5.49. The molecular formula is C17H25NO4. The maximum atomic E-state index is 12.0. The minimum Gasteiger partial charge on any atom is -0.481 e. The SMILES string of the molecule is CCCCN(CCC(=O)O)c1cccc(C(=O)OC(C)C)c1. The Morgan fingerprint density at radius 2 is 2.00 bits per heavy atom. The average Bonchev–Trinajstić information content (AvgIpc) is 2.46. The highest BCUT2D eigenvalue weighted by molar-refractivity contribution is 5.90. The summed E-state index contributed by atoms with van der Waals surface area (Å²) in [7, 11) is 0. The van der Waals surface area contributed by atoms with Crippen molar-refractivity contribution in [1.29, 1.82) is 0 Å². The highest BCUT2D eigenvalue weighted by Crippen LogP contribution is 2.18. The summed E-state index contributed by atoms with van der Waals surface area (Å²) in [6.07, 6.45) is 1.91. The summed E-state index contributed by atoms with van der Waals surface area (Å²) in [5.41, 5.74) is 1.34. The van der Waals surface area contributed by atoms with Gasteiger partial charge in [-0.3, -0.25) is 4.79 Å². The molecule has 1 aromatic carbocycles. The lowest BCUT2D eigenvalue weighted by atomic mass is 10.1. The second-order valence-electron chi connectivity index (χ2n) is 5.49. The molecule has 1 N–H and O–H groups in total. The van der Waals surface area contributed by atoms with Gasteiger partial charge in [-0.25, -0.2) is 4.79 Å². The molecule has 0 atom stereocenters. The molecule has 5 nitrogen and oxygen atoms in total. The summed E-state index contributed by atoms with van der Waals surface area (Å²) in [5.74, 6) is -1.18. The lowest BCUT2D eigenvalue weighted by Crippen LogP contribution is -2.27. The van der Waals surface area contributed by atoms with E-state index in [-0.39, 0.29) is 18.5 Å². The first-order chi connectivity index (χ1) is 10.4. The third kappa shape index (κ3) is 6.16. The summed E-state index contributed by atoms with van der Waals surface area (Å²) in [4.78, 5) is 24.8. The van der Waals surface area contributed by atoms with Crippen LogP contribution in [0.5, 0.6) is 0 Å². The molecule has 0 saturated carbocycles. The lowest BCUT2D eigenvalue weighted by Gasteiger charge is -2.24. The quantitative estimate of drug-likeness (QED) is 0.709. The lowest BCUT2D eigenvalue weighted by molar-refractivity contribution is -0.136. The number of esters is 1. The first kappa shape index (κ1) is 18.0. The van der Waals surface area contributed by atoms with E-state index in [1.807, 2.05) is 24.8 Å². The van der Waals surface area contributed by atoms with Crippen LogP contribution in [0.25, 0.3) is 0 Å². The van der Waals surface area contributed by atoms with Crippen LogP contribution in [0.1, 0.15) is 50.4 Å². The molecule has 0 heterocycles. The van der Waals surface area contributed by atoms with E-state index >= 15 is 0 Å². The number of ether oxygens (including phenoxy) is 1. The Kier molecular flexibility index (Phi) is 7.43. The first-order valence-corrected chi connectivity index (χ1v) is 7.71. The molecule has 0 spiro atoms. The van der Waals surface area contributed by atoms with Crippen molar-refractivity contribution in [2.75, 3.05) is 18.0 Å². The molecule has 0 bridgehead atoms. The van der Waals surface area contributed by atoms with Crippen molar-refractivity contribution >= 4 is 17.6 Å². The molecule has 0 fully saturated rings. The van der Waals surface area contributed by atoms with E-state index in [0.717, 1.165) is 25.1 Å². The molecule has 22 heavy (non-hydrogen) atoms. The third-order valence-electron chi connectivity index (χ3n) is 3.17. The number of carboxylic acid groups (broad SMARTS) is 1. The van der Waals surface area contributed by atoms with Gasteiger partial charge in [-0.05, 0) is 38.5 Å². The molecule has 1 aromatic rings. The van der Waals surface area contributed by atoms with Crippen LogP contribution in [0.3, 0.4) is 0 Å². The number of hydrogen-bond donors (Lipinski definition) is 1. The van der Waals surface area contributed by atoms with Crippen LogP contribution in [0.4, 0.5) is 5.69 Å². The number of hydrogen-bond acceptors (Lipinski definition) is 4. The number of anilines is 1. The minimum atomic E-state index is -0.822. The average molecular weight is 307 g/mol. The summed E-state index contributed by atoms with van der Waals surface area (Å²) >= 11 is 0. The zero-order chi connectivity index (χ0) is 16.5. The van der Waals surface area contributed by atoms with Crippen LogP contribution in [0, 0.1) is 0 Å². The first-order valence-electron chi connectivity index (χ1n) is 7.71. The number of carbonyl (C=O) groups excluding carboxylic acids is 1. The Bertz CT molecular complexity index is 499. The molecule has 0 amide bonds. The Balaban J connectivity index is 2.88. The Hall–Kier alpha value is -2.04. The van der Waals surface area contributed by atoms with E-state index in [0.29, 0.717) is 12.1 Å². The van der Waals surface area contributed by atoms with Crippen molar-refractivity contribution < 1.29 is 19.4 Å². The van der Waals surface area contributed by atoms with Gasteiger partial charge in [0, 0.05) is 18.8 Å². The van der Waals surface area contributed by atoms with Crippen molar-refractivity contribution in [3.05, 3.63) is 29.8 Å². The molecule has 0 aliphatic heterocycles. The summed E-state index contributed by atoms with van der Waals surface area (Å²) in [6.45, 7) is 6.90. The predicted molar refractivity (Wildman–Crippen MR) is 86.4 cm³/mol. The van der Waals surface area contributed by atoms with Crippen molar-refractivity contribution in [3.63, 3.8) is 0 Å². The van der Waals surface area contributed by atoms with Crippen LogP contribution in [0.15, 0.2) is 24.3 Å². The van der Waals surface area contributed by atoms with Crippen LogP contribution in [-0.2, 0) is 9.53 Å². The monoisotopic (exact) mass is 307 g/mol. The van der Waals surface area contributed by atoms with E-state index in [1.54, 1.807) is 18.2 Å². The third-order valence-corrected chi connectivity index (χ3v) is 3.17. The van der Waals surface area contributed by atoms with Gasteiger partial charge in [-0.1, -0.05) is 19.4 Å². The van der Waals surface area contributed by atoms with Crippen molar-refractivity contribution in [1.82, 2.24) is 0 Å². The van der Waals surface area contributed by atoms with Crippen molar-refractivity contribution in [3.8, 4) is 0 Å². The second kappa shape index (κ2) is 9.07. The predicted octanol–water partition coefficient (Wildman–Crippen LogP) is 3.33. The summed E-state index contributed by atoms with van der Waals surface area (Å²) in [6, 6.07) is 7.17. The van der Waals surface area contributed by atoms with Crippen LogP contribution >= 0.6 is 0 Å². The van der Waals surface area contributed by atoms with E-state index in [9.17, 15) is 9.59 Å². The minimum absolute atomic E-state index is 0.0738.